The van der Waals surface area contributed by atoms with Gasteiger partial charge in [0.25, 0.3) is 0 Å². The molecule has 0 spiro atoms. The Hall–Kier alpha value is -1.75. The van der Waals surface area contributed by atoms with Crippen LogP contribution in [-0.2, 0) is 0 Å². The SMILES string of the molecule is COc1cc(Sc2cccc(F)c2)c(N)cc1F. The maximum absolute atomic E-state index is 13.4. The van der Waals surface area contributed by atoms with Crippen LogP contribution < -0.4 is 10.5 Å². The van der Waals surface area contributed by atoms with E-state index in [4.69, 9.17) is 10.5 Å². The number of halogens is 2. The van der Waals surface area contributed by atoms with Crippen LogP contribution in [0.4, 0.5) is 14.5 Å². The van der Waals surface area contributed by atoms with E-state index in [-0.39, 0.29) is 11.6 Å². The van der Waals surface area contributed by atoms with E-state index in [0.29, 0.717) is 15.5 Å². The van der Waals surface area contributed by atoms with E-state index in [9.17, 15) is 8.78 Å². The normalized spacial score (nSPS) is 10.4. The minimum Gasteiger partial charge on any atom is -0.494 e. The lowest BCUT2D eigenvalue weighted by molar-refractivity contribution is 0.385. The lowest BCUT2D eigenvalue weighted by atomic mass is 10.3. The van der Waals surface area contributed by atoms with E-state index in [1.807, 2.05) is 0 Å². The van der Waals surface area contributed by atoms with Crippen LogP contribution in [0.25, 0.3) is 0 Å². The Labute approximate surface area is 108 Å². The second kappa shape index (κ2) is 5.27. The fourth-order valence-corrected chi connectivity index (χ4v) is 2.37. The maximum atomic E-state index is 13.4. The van der Waals surface area contributed by atoms with Crippen molar-refractivity contribution in [3.63, 3.8) is 0 Å². The number of nitrogens with two attached hydrogens (primary N) is 1. The minimum absolute atomic E-state index is 0.114. The monoisotopic (exact) mass is 267 g/mol. The van der Waals surface area contributed by atoms with Crippen LogP contribution >= 0.6 is 11.8 Å². The second-order valence-corrected chi connectivity index (χ2v) is 4.70. The number of anilines is 1. The van der Waals surface area contributed by atoms with E-state index < -0.39 is 5.82 Å². The van der Waals surface area contributed by atoms with Crippen LogP contribution in [-0.4, -0.2) is 7.11 Å². The molecular weight excluding hydrogens is 256 g/mol. The molecular formula is C13H11F2NOS. The van der Waals surface area contributed by atoms with Crippen molar-refractivity contribution >= 4 is 17.4 Å². The molecule has 0 fully saturated rings. The molecule has 0 amide bonds. The fraction of sp³-hybridized carbons (Fsp3) is 0.0769. The first-order valence-electron chi connectivity index (χ1n) is 5.16. The summed E-state index contributed by atoms with van der Waals surface area (Å²) in [4.78, 5) is 1.31. The van der Waals surface area contributed by atoms with Gasteiger partial charge in [0, 0.05) is 21.5 Å². The number of benzene rings is 2. The van der Waals surface area contributed by atoms with Gasteiger partial charge in [-0.1, -0.05) is 17.8 Å². The molecule has 5 heteroatoms. The smallest absolute Gasteiger partial charge is 0.167 e. The molecule has 0 bridgehead atoms. The van der Waals surface area contributed by atoms with Gasteiger partial charge < -0.3 is 10.5 Å². The highest BCUT2D eigenvalue weighted by Gasteiger charge is 2.09. The molecule has 2 aromatic rings. The summed E-state index contributed by atoms with van der Waals surface area (Å²) in [6.07, 6.45) is 0. The zero-order chi connectivity index (χ0) is 13.1. The standard InChI is InChI=1S/C13H11F2NOS/c1-17-12-7-13(11(16)6-10(12)15)18-9-4-2-3-8(14)5-9/h2-7H,16H2,1H3. The van der Waals surface area contributed by atoms with Gasteiger partial charge in [-0.05, 0) is 24.3 Å². The predicted octanol–water partition coefficient (Wildman–Crippen LogP) is 3.71. The number of methoxy groups -OCH3 is 1. The van der Waals surface area contributed by atoms with Crippen LogP contribution in [0.3, 0.4) is 0 Å². The first-order chi connectivity index (χ1) is 8.60. The van der Waals surface area contributed by atoms with Gasteiger partial charge in [-0.2, -0.15) is 0 Å². The third kappa shape index (κ3) is 2.73. The van der Waals surface area contributed by atoms with E-state index in [2.05, 4.69) is 0 Å². The topological polar surface area (TPSA) is 35.2 Å². The van der Waals surface area contributed by atoms with Crippen LogP contribution in [0.2, 0.25) is 0 Å². The Morgan fingerprint density at radius 3 is 2.61 bits per heavy atom. The predicted molar refractivity (Wildman–Crippen MR) is 67.9 cm³/mol. The Bertz CT molecular complexity index is 575. The molecule has 0 aliphatic rings. The van der Waals surface area contributed by atoms with Crippen LogP contribution in [0.15, 0.2) is 46.2 Å². The van der Waals surface area contributed by atoms with Crippen molar-refractivity contribution in [2.75, 3.05) is 12.8 Å². The van der Waals surface area contributed by atoms with Gasteiger partial charge in [0.2, 0.25) is 0 Å². The van der Waals surface area contributed by atoms with E-state index >= 15 is 0 Å². The second-order valence-electron chi connectivity index (χ2n) is 3.58. The van der Waals surface area contributed by atoms with Crippen molar-refractivity contribution in [3.05, 3.63) is 48.0 Å². The van der Waals surface area contributed by atoms with Crippen molar-refractivity contribution in [1.82, 2.24) is 0 Å². The molecule has 0 radical (unpaired) electrons. The summed E-state index contributed by atoms with van der Waals surface area (Å²) in [5, 5.41) is 0. The average Bonchev–Trinajstić information content (AvgIpc) is 2.33. The lowest BCUT2D eigenvalue weighted by Gasteiger charge is -2.09. The molecule has 0 aliphatic heterocycles. The highest BCUT2D eigenvalue weighted by atomic mass is 32.2. The molecule has 18 heavy (non-hydrogen) atoms. The Morgan fingerprint density at radius 1 is 1.17 bits per heavy atom. The number of nitrogen functional groups attached to an aromatic ring is 1. The van der Waals surface area contributed by atoms with Gasteiger partial charge in [-0.25, -0.2) is 8.78 Å². The number of hydrogen-bond acceptors (Lipinski definition) is 3. The van der Waals surface area contributed by atoms with E-state index in [1.165, 1.54) is 43.1 Å². The van der Waals surface area contributed by atoms with Gasteiger partial charge in [0.1, 0.15) is 5.82 Å². The highest BCUT2D eigenvalue weighted by Crippen LogP contribution is 2.36. The molecule has 94 valence electrons. The van der Waals surface area contributed by atoms with Crippen molar-refractivity contribution in [3.8, 4) is 5.75 Å². The third-order valence-corrected chi connectivity index (χ3v) is 3.37. The summed E-state index contributed by atoms with van der Waals surface area (Å²) >= 11 is 1.25. The van der Waals surface area contributed by atoms with Crippen molar-refractivity contribution < 1.29 is 13.5 Å². The molecule has 0 atom stereocenters. The van der Waals surface area contributed by atoms with Gasteiger partial charge in [0.05, 0.1) is 7.11 Å². The van der Waals surface area contributed by atoms with Gasteiger partial charge in [0.15, 0.2) is 11.6 Å². The molecule has 2 rings (SSSR count). The highest BCUT2D eigenvalue weighted by molar-refractivity contribution is 7.99. The number of hydrogen-bond donors (Lipinski definition) is 1. The third-order valence-electron chi connectivity index (χ3n) is 2.31. The first kappa shape index (κ1) is 12.7. The molecule has 0 heterocycles. The number of rotatable bonds is 3. The molecule has 0 aromatic heterocycles. The summed E-state index contributed by atoms with van der Waals surface area (Å²) < 4.78 is 31.3. The summed E-state index contributed by atoms with van der Waals surface area (Å²) in [5.41, 5.74) is 6.01. The first-order valence-corrected chi connectivity index (χ1v) is 5.98. The molecule has 0 aliphatic carbocycles. The van der Waals surface area contributed by atoms with Gasteiger partial charge >= 0.3 is 0 Å². The zero-order valence-electron chi connectivity index (χ0n) is 9.61. The lowest BCUT2D eigenvalue weighted by Crippen LogP contribution is -1.94. The molecule has 0 unspecified atom stereocenters. The van der Waals surface area contributed by atoms with Crippen LogP contribution in [0, 0.1) is 11.6 Å². The van der Waals surface area contributed by atoms with Crippen molar-refractivity contribution in [2.45, 2.75) is 9.79 Å². The maximum Gasteiger partial charge on any atom is 0.167 e. The van der Waals surface area contributed by atoms with E-state index in [1.54, 1.807) is 12.1 Å². The molecule has 2 aromatic carbocycles. The summed E-state index contributed by atoms with van der Waals surface area (Å²) in [6.45, 7) is 0. The Morgan fingerprint density at radius 2 is 1.94 bits per heavy atom. The Kier molecular flexibility index (Phi) is 3.72. The van der Waals surface area contributed by atoms with Crippen LogP contribution in [0.1, 0.15) is 0 Å². The largest absolute Gasteiger partial charge is 0.494 e. The van der Waals surface area contributed by atoms with Crippen molar-refractivity contribution in [2.24, 2.45) is 0 Å². The molecule has 0 saturated carbocycles. The fourth-order valence-electron chi connectivity index (χ4n) is 1.45. The zero-order valence-corrected chi connectivity index (χ0v) is 10.4. The quantitative estimate of drug-likeness (QED) is 0.861. The van der Waals surface area contributed by atoms with Gasteiger partial charge in [-0.15, -0.1) is 0 Å². The van der Waals surface area contributed by atoms with Gasteiger partial charge in [-0.3, -0.25) is 0 Å². The summed E-state index contributed by atoms with van der Waals surface area (Å²) in [6, 6.07) is 8.80. The molecule has 0 saturated heterocycles. The molecule has 2 nitrogen and oxygen atoms in total. The molecule has 2 N–H and O–H groups in total. The Balaban J connectivity index is 2.34. The van der Waals surface area contributed by atoms with Crippen LogP contribution in [0.5, 0.6) is 5.75 Å². The summed E-state index contributed by atoms with van der Waals surface area (Å²) in [5.74, 6) is -0.727. The summed E-state index contributed by atoms with van der Waals surface area (Å²) in [7, 11) is 1.38. The van der Waals surface area contributed by atoms with Crippen molar-refractivity contribution in [1.29, 1.82) is 0 Å². The average molecular weight is 267 g/mol. The number of ether oxygens (including phenoxy) is 1. The minimum atomic E-state index is -0.515. The van der Waals surface area contributed by atoms with E-state index in [0.717, 1.165) is 0 Å².